The number of carbonyl (C=O) groups is 2. The fourth-order valence-electron chi connectivity index (χ4n) is 3.47. The van der Waals surface area contributed by atoms with Gasteiger partial charge in [-0.25, -0.2) is 13.2 Å². The number of methoxy groups -OCH3 is 1. The predicted octanol–water partition coefficient (Wildman–Crippen LogP) is 2.71. The number of benzene rings is 2. The summed E-state index contributed by atoms with van der Waals surface area (Å²) >= 11 is 1.56. The molecule has 11 heteroatoms. The van der Waals surface area contributed by atoms with E-state index < -0.39 is 28.1 Å². The lowest BCUT2D eigenvalue weighted by molar-refractivity contribution is -0.127. The molecule has 9 nitrogen and oxygen atoms in total. The van der Waals surface area contributed by atoms with Gasteiger partial charge < -0.3 is 9.84 Å². The first-order valence-electron chi connectivity index (χ1n) is 10.2. The Balaban J connectivity index is 1.64. The van der Waals surface area contributed by atoms with Gasteiger partial charge in [0.15, 0.2) is 0 Å². The van der Waals surface area contributed by atoms with E-state index in [9.17, 15) is 23.1 Å². The number of hydrogen-bond acceptors (Lipinski definition) is 6. The van der Waals surface area contributed by atoms with Crippen molar-refractivity contribution in [1.82, 2.24) is 14.7 Å². The Morgan fingerprint density at radius 1 is 1.18 bits per heavy atom. The molecule has 2 atom stereocenters. The van der Waals surface area contributed by atoms with Crippen LogP contribution in [0.3, 0.4) is 0 Å². The van der Waals surface area contributed by atoms with E-state index in [1.165, 1.54) is 19.2 Å². The highest BCUT2D eigenvalue weighted by Gasteiger charge is 2.41. The standard InChI is InChI=1S/C22H27N3O6S2/c1-15-4-10-19(11-5-15)33(29,30)24(2)23-21(26)20-12-18(13-25(20)22(27)28)32-14-16-6-8-17(31-3)9-7-16/h4-11,18,20H,12-14H2,1-3H3,(H,23,26)(H,27,28). The first-order valence-corrected chi connectivity index (χ1v) is 12.7. The molecule has 1 fully saturated rings. The molecule has 3 rings (SSSR count). The highest BCUT2D eigenvalue weighted by molar-refractivity contribution is 7.99. The molecule has 1 heterocycles. The molecule has 0 radical (unpaired) electrons. The van der Waals surface area contributed by atoms with Gasteiger partial charge >= 0.3 is 6.09 Å². The van der Waals surface area contributed by atoms with Crippen molar-refractivity contribution in [3.8, 4) is 5.75 Å². The molecular formula is C22H27N3O6S2. The van der Waals surface area contributed by atoms with Crippen LogP contribution in [0.1, 0.15) is 17.5 Å². The molecule has 33 heavy (non-hydrogen) atoms. The second-order valence-corrected chi connectivity index (χ2v) is 11.0. The van der Waals surface area contributed by atoms with Crippen LogP contribution in [0.4, 0.5) is 4.79 Å². The number of likely N-dealkylation sites (tertiary alicyclic amines) is 1. The first kappa shape index (κ1) is 24.9. The normalized spacial score (nSPS) is 18.4. The lowest BCUT2D eigenvalue weighted by atomic mass is 10.2. The van der Waals surface area contributed by atoms with Gasteiger partial charge in [0.1, 0.15) is 11.8 Å². The quantitative estimate of drug-likeness (QED) is 0.543. The summed E-state index contributed by atoms with van der Waals surface area (Å²) in [6.07, 6.45) is -0.927. The average molecular weight is 494 g/mol. The molecule has 2 unspecified atom stereocenters. The Bertz CT molecular complexity index is 1090. The number of rotatable bonds is 8. The van der Waals surface area contributed by atoms with Gasteiger partial charge in [0, 0.05) is 24.6 Å². The van der Waals surface area contributed by atoms with Crippen molar-refractivity contribution in [3.63, 3.8) is 0 Å². The van der Waals surface area contributed by atoms with Crippen LogP contribution in [0.15, 0.2) is 53.4 Å². The second kappa shape index (κ2) is 10.4. The summed E-state index contributed by atoms with van der Waals surface area (Å²) in [4.78, 5) is 25.7. The van der Waals surface area contributed by atoms with Gasteiger partial charge in [0.05, 0.1) is 12.0 Å². The third kappa shape index (κ3) is 5.98. The number of nitrogens with zero attached hydrogens (tertiary/aromatic N) is 2. The van der Waals surface area contributed by atoms with Crippen molar-refractivity contribution in [2.24, 2.45) is 0 Å². The number of sulfonamides is 1. The zero-order valence-corrected chi connectivity index (χ0v) is 20.2. The Morgan fingerprint density at radius 2 is 1.82 bits per heavy atom. The Kier molecular flexibility index (Phi) is 7.88. The van der Waals surface area contributed by atoms with E-state index in [0.717, 1.165) is 26.2 Å². The molecule has 2 aromatic rings. The van der Waals surface area contributed by atoms with E-state index in [2.05, 4.69) is 5.43 Å². The Morgan fingerprint density at radius 3 is 2.39 bits per heavy atom. The molecule has 2 amide bonds. The lowest BCUT2D eigenvalue weighted by Crippen LogP contribution is -2.51. The summed E-state index contributed by atoms with van der Waals surface area (Å²) in [7, 11) is -1.14. The van der Waals surface area contributed by atoms with Crippen LogP contribution in [0.5, 0.6) is 5.75 Å². The molecular weight excluding hydrogens is 466 g/mol. The zero-order valence-electron chi connectivity index (χ0n) is 18.6. The average Bonchev–Trinajstić information content (AvgIpc) is 3.23. The fourth-order valence-corrected chi connectivity index (χ4v) is 5.68. The number of nitrogens with one attached hydrogen (secondary N) is 1. The minimum atomic E-state index is -3.96. The van der Waals surface area contributed by atoms with Gasteiger partial charge in [0.2, 0.25) is 0 Å². The zero-order chi connectivity index (χ0) is 24.2. The first-order chi connectivity index (χ1) is 15.6. The van der Waals surface area contributed by atoms with E-state index in [0.29, 0.717) is 5.75 Å². The number of aryl methyl sites for hydroxylation is 1. The maximum atomic E-state index is 12.8. The molecule has 0 spiro atoms. The third-order valence-corrected chi connectivity index (χ3v) is 8.40. The van der Waals surface area contributed by atoms with Gasteiger partial charge in [-0.3, -0.25) is 15.1 Å². The third-order valence-electron chi connectivity index (χ3n) is 5.40. The van der Waals surface area contributed by atoms with Crippen LogP contribution in [0, 0.1) is 6.92 Å². The number of thioether (sulfide) groups is 1. The van der Waals surface area contributed by atoms with Crippen LogP contribution >= 0.6 is 11.8 Å². The highest BCUT2D eigenvalue weighted by atomic mass is 32.2. The maximum absolute atomic E-state index is 12.8. The summed E-state index contributed by atoms with van der Waals surface area (Å²) in [5.41, 5.74) is 4.30. The van der Waals surface area contributed by atoms with Gasteiger partial charge in [-0.05, 0) is 43.2 Å². The number of hydrazine groups is 1. The number of hydrogen-bond donors (Lipinski definition) is 2. The van der Waals surface area contributed by atoms with Gasteiger partial charge in [-0.15, -0.1) is 4.41 Å². The molecule has 2 N–H and O–H groups in total. The van der Waals surface area contributed by atoms with Gasteiger partial charge in [0.25, 0.3) is 15.9 Å². The molecule has 178 valence electrons. The minimum Gasteiger partial charge on any atom is -0.497 e. The lowest BCUT2D eigenvalue weighted by Gasteiger charge is -2.24. The Labute approximate surface area is 197 Å². The van der Waals surface area contributed by atoms with Crippen LogP contribution in [-0.4, -0.2) is 66.8 Å². The van der Waals surface area contributed by atoms with E-state index in [1.807, 2.05) is 31.2 Å². The van der Waals surface area contributed by atoms with Crippen molar-refractivity contribution >= 4 is 33.8 Å². The Hall–Kier alpha value is -2.76. The number of carbonyl (C=O) groups excluding carboxylic acids is 1. The highest BCUT2D eigenvalue weighted by Crippen LogP contribution is 2.30. The monoisotopic (exact) mass is 493 g/mol. The summed E-state index contributed by atoms with van der Waals surface area (Å²) in [5.74, 6) is 0.726. The smallest absolute Gasteiger partial charge is 0.408 e. The molecule has 2 aromatic carbocycles. The molecule has 0 bridgehead atoms. The van der Waals surface area contributed by atoms with E-state index in [4.69, 9.17) is 4.74 Å². The van der Waals surface area contributed by atoms with E-state index in [-0.39, 0.29) is 23.1 Å². The van der Waals surface area contributed by atoms with Crippen molar-refractivity contribution in [3.05, 3.63) is 59.7 Å². The van der Waals surface area contributed by atoms with Gasteiger partial charge in [-0.2, -0.15) is 11.8 Å². The number of carboxylic acid groups (broad SMARTS) is 1. The van der Waals surface area contributed by atoms with Crippen molar-refractivity contribution in [1.29, 1.82) is 0 Å². The SMILES string of the molecule is COc1ccc(CSC2CC(C(=O)NN(C)S(=O)(=O)c3ccc(C)cc3)N(C(=O)O)C2)cc1. The number of amides is 2. The second-order valence-electron chi connectivity index (χ2n) is 7.73. The summed E-state index contributed by atoms with van der Waals surface area (Å²) in [6, 6.07) is 12.8. The van der Waals surface area contributed by atoms with Crippen LogP contribution < -0.4 is 10.2 Å². The summed E-state index contributed by atoms with van der Waals surface area (Å²) in [5, 5.41) is 9.48. The fraction of sp³-hybridized carbons (Fsp3) is 0.364. The maximum Gasteiger partial charge on any atom is 0.408 e. The largest absolute Gasteiger partial charge is 0.497 e. The van der Waals surface area contributed by atoms with Crippen molar-refractivity contribution in [2.75, 3.05) is 20.7 Å². The van der Waals surface area contributed by atoms with Gasteiger partial charge in [-0.1, -0.05) is 29.8 Å². The molecule has 0 saturated carbocycles. The van der Waals surface area contributed by atoms with Crippen molar-refractivity contribution in [2.45, 2.75) is 35.3 Å². The topological polar surface area (TPSA) is 116 Å². The van der Waals surface area contributed by atoms with Crippen molar-refractivity contribution < 1.29 is 27.9 Å². The predicted molar refractivity (Wildman–Crippen MR) is 125 cm³/mol. The summed E-state index contributed by atoms with van der Waals surface area (Å²) < 4.78 is 31.4. The molecule has 1 saturated heterocycles. The van der Waals surface area contributed by atoms with Crippen LogP contribution in [-0.2, 0) is 20.6 Å². The van der Waals surface area contributed by atoms with E-state index in [1.54, 1.807) is 31.0 Å². The molecule has 0 aromatic heterocycles. The number of ether oxygens (including phenoxy) is 1. The molecule has 1 aliphatic rings. The van der Waals surface area contributed by atoms with Crippen LogP contribution in [0.2, 0.25) is 0 Å². The molecule has 0 aliphatic carbocycles. The van der Waals surface area contributed by atoms with E-state index >= 15 is 0 Å². The minimum absolute atomic E-state index is 0.0327. The van der Waals surface area contributed by atoms with Crippen LogP contribution in [0.25, 0.3) is 0 Å². The summed E-state index contributed by atoms with van der Waals surface area (Å²) in [6.45, 7) is 2.02. The molecule has 1 aliphatic heterocycles.